The summed E-state index contributed by atoms with van der Waals surface area (Å²) < 4.78 is 196. The molecule has 2 unspecified atom stereocenters. The summed E-state index contributed by atoms with van der Waals surface area (Å²) in [7, 11) is 0.761. The predicted molar refractivity (Wildman–Crippen MR) is 103 cm³/mol. The zero-order valence-electron chi connectivity index (χ0n) is 21.0. The largest absolute Gasteiger partial charge is 0.462 e. The third-order valence-corrected chi connectivity index (χ3v) is 5.69. The monoisotopic (exact) mass is 595 g/mol. The Labute approximate surface area is 208 Å². The van der Waals surface area contributed by atoms with E-state index < -0.39 is 78.3 Å². The lowest BCUT2D eigenvalue weighted by atomic mass is 9.84. The van der Waals surface area contributed by atoms with Crippen molar-refractivity contribution in [1.29, 1.82) is 0 Å². The van der Waals surface area contributed by atoms with Crippen molar-refractivity contribution in [2.75, 3.05) is 20.2 Å². The van der Waals surface area contributed by atoms with E-state index >= 15 is 4.39 Å². The number of ether oxygens (including phenoxy) is 2. The van der Waals surface area contributed by atoms with Crippen molar-refractivity contribution in [2.45, 2.75) is 89.0 Å². The van der Waals surface area contributed by atoms with Gasteiger partial charge in [0.15, 0.2) is 0 Å². The molecule has 0 bridgehead atoms. The zero-order valence-corrected chi connectivity index (χ0v) is 21.0. The second kappa shape index (κ2) is 10.8. The first-order valence-electron chi connectivity index (χ1n) is 10.5. The average molecular weight is 595 g/mol. The number of alkyl halides is 14. The Morgan fingerprint density at radius 1 is 0.763 bits per heavy atom. The van der Waals surface area contributed by atoms with Gasteiger partial charge in [-0.05, 0) is 27.7 Å². The maximum absolute atomic E-state index is 15.5. The standard InChI is InChI=1S/C20H27F14NO3/c1-10(2)12(36)35(7)9-15(21,18(27,28)29)14(5,6)37-8-11(16(22,23)24)13(3,4)38-20(33,34)17(25,26)19(30,31)32/h10-11H,8-9H2,1-7H3. The maximum Gasteiger partial charge on any atom is 0.462 e. The van der Waals surface area contributed by atoms with Crippen molar-refractivity contribution in [3.05, 3.63) is 0 Å². The highest BCUT2D eigenvalue weighted by Crippen LogP contribution is 2.51. The topological polar surface area (TPSA) is 38.8 Å². The zero-order chi connectivity index (χ0) is 31.1. The Balaban J connectivity index is 6.33. The molecule has 0 spiro atoms. The summed E-state index contributed by atoms with van der Waals surface area (Å²) in [5, 5.41) is 0. The van der Waals surface area contributed by atoms with Crippen molar-refractivity contribution < 1.29 is 75.7 Å². The van der Waals surface area contributed by atoms with Gasteiger partial charge in [-0.3, -0.25) is 4.79 Å². The highest BCUT2D eigenvalue weighted by molar-refractivity contribution is 5.77. The lowest BCUT2D eigenvalue weighted by molar-refractivity contribution is -0.449. The van der Waals surface area contributed by atoms with Gasteiger partial charge in [0.05, 0.1) is 18.8 Å². The summed E-state index contributed by atoms with van der Waals surface area (Å²) in [6.07, 6.45) is -25.2. The Hall–Kier alpha value is -1.59. The van der Waals surface area contributed by atoms with Crippen molar-refractivity contribution in [3.8, 4) is 0 Å². The number of nitrogens with zero attached hydrogens (tertiary/aromatic N) is 1. The summed E-state index contributed by atoms with van der Waals surface area (Å²) in [5.74, 6) is -12.5. The molecule has 1 amide bonds. The van der Waals surface area contributed by atoms with E-state index in [2.05, 4.69) is 9.47 Å². The molecular formula is C20H27F14NO3. The predicted octanol–water partition coefficient (Wildman–Crippen LogP) is 6.93. The average Bonchev–Trinajstić information content (AvgIpc) is 2.62. The Morgan fingerprint density at radius 2 is 1.18 bits per heavy atom. The number of amides is 1. The molecule has 0 saturated heterocycles. The molecule has 38 heavy (non-hydrogen) atoms. The molecule has 2 atom stereocenters. The summed E-state index contributed by atoms with van der Waals surface area (Å²) in [6, 6.07) is 0. The highest BCUT2D eigenvalue weighted by atomic mass is 19.4. The van der Waals surface area contributed by atoms with Crippen LogP contribution in [0.4, 0.5) is 61.5 Å². The quantitative estimate of drug-likeness (QED) is 0.243. The number of hydrogen-bond donors (Lipinski definition) is 0. The SMILES string of the molecule is CC(C)C(=O)N(C)CC(F)(C(F)(F)F)C(C)(C)OCC(C(F)(F)F)C(C)(C)OC(F)(F)C(F)(F)C(F)(F)F. The lowest BCUT2D eigenvalue weighted by Crippen LogP contribution is -2.65. The lowest BCUT2D eigenvalue weighted by Gasteiger charge is -2.45. The first-order valence-corrected chi connectivity index (χ1v) is 10.5. The summed E-state index contributed by atoms with van der Waals surface area (Å²) >= 11 is 0. The fraction of sp³-hybridized carbons (Fsp3) is 0.950. The minimum Gasteiger partial charge on any atom is -0.371 e. The van der Waals surface area contributed by atoms with Crippen LogP contribution in [0.5, 0.6) is 0 Å². The molecule has 4 nitrogen and oxygen atoms in total. The third-order valence-electron chi connectivity index (χ3n) is 5.69. The van der Waals surface area contributed by atoms with Crippen LogP contribution in [0.2, 0.25) is 0 Å². The van der Waals surface area contributed by atoms with E-state index in [1.807, 2.05) is 0 Å². The third kappa shape index (κ3) is 7.53. The number of carbonyl (C=O) groups excluding carboxylic acids is 1. The van der Waals surface area contributed by atoms with Crippen molar-refractivity contribution in [2.24, 2.45) is 11.8 Å². The van der Waals surface area contributed by atoms with Crippen LogP contribution in [0, 0.1) is 11.8 Å². The van der Waals surface area contributed by atoms with Crippen LogP contribution >= 0.6 is 0 Å². The van der Waals surface area contributed by atoms with E-state index in [4.69, 9.17) is 0 Å². The van der Waals surface area contributed by atoms with Gasteiger partial charge >= 0.3 is 30.6 Å². The van der Waals surface area contributed by atoms with Crippen LogP contribution in [0.3, 0.4) is 0 Å². The van der Waals surface area contributed by atoms with E-state index in [1.54, 1.807) is 0 Å². The van der Waals surface area contributed by atoms with Crippen molar-refractivity contribution in [3.63, 3.8) is 0 Å². The Kier molecular flexibility index (Phi) is 10.3. The molecule has 0 saturated carbocycles. The minimum absolute atomic E-state index is 0.0173. The second-order valence-corrected chi connectivity index (χ2v) is 9.86. The first-order chi connectivity index (χ1) is 16.3. The molecular weight excluding hydrogens is 568 g/mol. The van der Waals surface area contributed by atoms with E-state index in [-0.39, 0.29) is 18.7 Å². The summed E-state index contributed by atoms with van der Waals surface area (Å²) in [6.45, 7) is -0.755. The molecule has 18 heteroatoms. The molecule has 0 fully saturated rings. The van der Waals surface area contributed by atoms with Gasteiger partial charge in [-0.25, -0.2) is 4.39 Å². The Morgan fingerprint density at radius 3 is 1.50 bits per heavy atom. The Bertz CT molecular complexity index is 817. The summed E-state index contributed by atoms with van der Waals surface area (Å²) in [5.41, 5.74) is -11.6. The number of carbonyl (C=O) groups is 1. The highest BCUT2D eigenvalue weighted by Gasteiger charge is 2.76. The summed E-state index contributed by atoms with van der Waals surface area (Å²) in [4.78, 5) is 12.3. The maximum atomic E-state index is 15.5. The smallest absolute Gasteiger partial charge is 0.371 e. The molecule has 0 aromatic heterocycles. The molecule has 0 aromatic carbocycles. The van der Waals surface area contributed by atoms with E-state index in [0.717, 1.165) is 7.05 Å². The number of hydrogen-bond acceptors (Lipinski definition) is 3. The van der Waals surface area contributed by atoms with E-state index in [0.29, 0.717) is 13.8 Å². The van der Waals surface area contributed by atoms with Crippen LogP contribution in [-0.2, 0) is 14.3 Å². The van der Waals surface area contributed by atoms with Gasteiger partial charge in [0.1, 0.15) is 11.5 Å². The van der Waals surface area contributed by atoms with Gasteiger partial charge in [-0.15, -0.1) is 0 Å². The molecule has 0 N–H and O–H groups in total. The molecule has 0 aliphatic carbocycles. The molecule has 0 heterocycles. The molecule has 228 valence electrons. The van der Waals surface area contributed by atoms with Gasteiger partial charge < -0.3 is 14.4 Å². The van der Waals surface area contributed by atoms with E-state index in [9.17, 15) is 61.9 Å². The first kappa shape index (κ1) is 36.4. The van der Waals surface area contributed by atoms with Gasteiger partial charge in [-0.1, -0.05) is 13.8 Å². The minimum atomic E-state index is -6.97. The molecule has 0 aromatic rings. The van der Waals surface area contributed by atoms with Crippen LogP contribution in [0.1, 0.15) is 41.5 Å². The van der Waals surface area contributed by atoms with Gasteiger partial charge in [0.2, 0.25) is 5.91 Å². The van der Waals surface area contributed by atoms with Crippen LogP contribution in [0.15, 0.2) is 0 Å². The van der Waals surface area contributed by atoms with Crippen molar-refractivity contribution >= 4 is 5.91 Å². The fourth-order valence-corrected chi connectivity index (χ4v) is 3.19. The van der Waals surface area contributed by atoms with Gasteiger partial charge in [-0.2, -0.15) is 57.1 Å². The number of rotatable bonds is 11. The number of halogens is 14. The molecule has 0 rings (SSSR count). The van der Waals surface area contributed by atoms with Gasteiger partial charge in [0.25, 0.3) is 5.67 Å². The molecule has 0 aliphatic heterocycles. The van der Waals surface area contributed by atoms with Gasteiger partial charge in [0, 0.05) is 13.0 Å². The van der Waals surface area contributed by atoms with Crippen molar-refractivity contribution in [1.82, 2.24) is 4.90 Å². The normalized spacial score (nSPS) is 17.4. The molecule has 0 radical (unpaired) electrons. The molecule has 0 aliphatic rings. The van der Waals surface area contributed by atoms with Crippen LogP contribution in [0.25, 0.3) is 0 Å². The fourth-order valence-electron chi connectivity index (χ4n) is 3.19. The van der Waals surface area contributed by atoms with E-state index in [1.165, 1.54) is 13.8 Å². The second-order valence-electron chi connectivity index (χ2n) is 9.86. The van der Waals surface area contributed by atoms with Crippen LogP contribution in [-0.4, -0.2) is 78.4 Å². The van der Waals surface area contributed by atoms with Crippen LogP contribution < -0.4 is 0 Å².